The highest BCUT2D eigenvalue weighted by Gasteiger charge is 2.16. The van der Waals surface area contributed by atoms with Crippen LogP contribution in [0, 0.1) is 0 Å². The summed E-state index contributed by atoms with van der Waals surface area (Å²) in [6.45, 7) is 2.31. The summed E-state index contributed by atoms with van der Waals surface area (Å²) in [4.78, 5) is 18.7. The molecular weight excluding hydrogens is 258 g/mol. The first kappa shape index (κ1) is 14.7. The van der Waals surface area contributed by atoms with Crippen molar-refractivity contribution >= 4 is 11.7 Å². The number of nitrogens with zero attached hydrogens (tertiary/aromatic N) is 2. The second-order valence-electron chi connectivity index (χ2n) is 4.69. The van der Waals surface area contributed by atoms with Gasteiger partial charge in [0.15, 0.2) is 6.29 Å². The summed E-state index contributed by atoms with van der Waals surface area (Å²) in [6, 6.07) is 5.51. The van der Waals surface area contributed by atoms with Gasteiger partial charge < -0.3 is 19.7 Å². The molecule has 0 aliphatic carbocycles. The monoisotopic (exact) mass is 279 g/mol. The number of anilines is 1. The molecule has 6 nitrogen and oxygen atoms in total. The number of methoxy groups -OCH3 is 2. The number of aromatic nitrogens is 1. The van der Waals surface area contributed by atoms with Crippen LogP contribution in [0.5, 0.6) is 0 Å². The van der Waals surface area contributed by atoms with Crippen LogP contribution in [0.15, 0.2) is 18.2 Å². The van der Waals surface area contributed by atoms with Crippen molar-refractivity contribution < 1.29 is 14.3 Å². The van der Waals surface area contributed by atoms with Gasteiger partial charge in [0.1, 0.15) is 11.5 Å². The van der Waals surface area contributed by atoms with Gasteiger partial charge in [-0.3, -0.25) is 4.79 Å². The molecule has 0 aromatic carbocycles. The van der Waals surface area contributed by atoms with Crippen LogP contribution in [0.25, 0.3) is 0 Å². The fourth-order valence-corrected chi connectivity index (χ4v) is 2.20. The lowest BCUT2D eigenvalue weighted by Gasteiger charge is -2.17. The third-order valence-electron chi connectivity index (χ3n) is 3.35. The third kappa shape index (κ3) is 3.68. The molecule has 0 saturated carbocycles. The molecule has 0 bridgehead atoms. The molecule has 1 aliphatic rings. The Labute approximate surface area is 119 Å². The fraction of sp³-hybridized carbons (Fsp3) is 0.571. The Hall–Kier alpha value is -1.66. The zero-order chi connectivity index (χ0) is 14.4. The number of pyridine rings is 1. The zero-order valence-corrected chi connectivity index (χ0v) is 12.0. The van der Waals surface area contributed by atoms with Crippen LogP contribution in [0.2, 0.25) is 0 Å². The van der Waals surface area contributed by atoms with Gasteiger partial charge in [-0.25, -0.2) is 4.98 Å². The quantitative estimate of drug-likeness (QED) is 0.788. The molecule has 2 rings (SSSR count). The average Bonchev–Trinajstić information content (AvgIpc) is 3.02. The van der Waals surface area contributed by atoms with Crippen molar-refractivity contribution in [1.82, 2.24) is 10.3 Å². The highest BCUT2D eigenvalue weighted by Crippen LogP contribution is 2.17. The van der Waals surface area contributed by atoms with E-state index >= 15 is 0 Å². The van der Waals surface area contributed by atoms with Crippen LogP contribution in [-0.4, -0.2) is 51.0 Å². The van der Waals surface area contributed by atoms with E-state index in [1.165, 1.54) is 27.1 Å². The average molecular weight is 279 g/mol. The maximum absolute atomic E-state index is 12.0. The number of carbonyl (C=O) groups excluding carboxylic acids is 1. The van der Waals surface area contributed by atoms with E-state index in [0.717, 1.165) is 18.9 Å². The summed E-state index contributed by atoms with van der Waals surface area (Å²) < 4.78 is 10.1. The highest BCUT2D eigenvalue weighted by atomic mass is 16.7. The molecule has 0 atom stereocenters. The summed E-state index contributed by atoms with van der Waals surface area (Å²) in [5.41, 5.74) is 0.417. The molecule has 6 heteroatoms. The summed E-state index contributed by atoms with van der Waals surface area (Å²) in [5, 5.41) is 2.75. The van der Waals surface area contributed by atoms with E-state index in [9.17, 15) is 4.79 Å². The van der Waals surface area contributed by atoms with Crippen molar-refractivity contribution in [2.24, 2.45) is 0 Å². The van der Waals surface area contributed by atoms with Gasteiger partial charge in [-0.15, -0.1) is 0 Å². The molecule has 0 spiro atoms. The predicted molar refractivity (Wildman–Crippen MR) is 75.8 cm³/mol. The Morgan fingerprint density at radius 2 is 2.05 bits per heavy atom. The number of nitrogens with one attached hydrogen (secondary N) is 1. The number of amides is 1. The standard InChI is InChI=1S/C14H21N3O3/c1-19-13(20-2)10-15-14(18)11-6-5-7-12(16-11)17-8-3-4-9-17/h5-7,13H,3-4,8-10H2,1-2H3,(H,15,18). The molecule has 2 heterocycles. The second-order valence-corrected chi connectivity index (χ2v) is 4.69. The number of ether oxygens (including phenoxy) is 2. The van der Waals surface area contributed by atoms with Gasteiger partial charge >= 0.3 is 0 Å². The minimum Gasteiger partial charge on any atom is -0.357 e. The van der Waals surface area contributed by atoms with E-state index in [4.69, 9.17) is 9.47 Å². The van der Waals surface area contributed by atoms with Gasteiger partial charge in [-0.1, -0.05) is 6.07 Å². The Kier molecular flexibility index (Phi) is 5.31. The van der Waals surface area contributed by atoms with Gasteiger partial charge in [-0.2, -0.15) is 0 Å². The van der Waals surface area contributed by atoms with Gasteiger partial charge in [0.05, 0.1) is 6.54 Å². The first-order valence-corrected chi connectivity index (χ1v) is 6.80. The molecule has 1 aromatic rings. The molecular formula is C14H21N3O3. The normalized spacial score (nSPS) is 14.8. The first-order chi connectivity index (χ1) is 9.74. The van der Waals surface area contributed by atoms with Crippen molar-refractivity contribution in [3.8, 4) is 0 Å². The summed E-state index contributed by atoms with van der Waals surface area (Å²) in [7, 11) is 3.07. The molecule has 1 aromatic heterocycles. The van der Waals surface area contributed by atoms with Crippen LogP contribution in [0.3, 0.4) is 0 Å². The van der Waals surface area contributed by atoms with Crippen LogP contribution < -0.4 is 10.2 Å². The van der Waals surface area contributed by atoms with Gasteiger partial charge in [0, 0.05) is 27.3 Å². The highest BCUT2D eigenvalue weighted by molar-refractivity contribution is 5.92. The van der Waals surface area contributed by atoms with E-state index in [0.29, 0.717) is 12.2 Å². The summed E-state index contributed by atoms with van der Waals surface area (Å²) in [5.74, 6) is 0.648. The Morgan fingerprint density at radius 3 is 2.70 bits per heavy atom. The minimum atomic E-state index is -0.444. The van der Waals surface area contributed by atoms with Crippen LogP contribution in [-0.2, 0) is 9.47 Å². The number of hydrogen-bond donors (Lipinski definition) is 1. The summed E-state index contributed by atoms with van der Waals surface area (Å²) >= 11 is 0. The molecule has 20 heavy (non-hydrogen) atoms. The zero-order valence-electron chi connectivity index (χ0n) is 12.0. The lowest BCUT2D eigenvalue weighted by molar-refractivity contribution is -0.0974. The first-order valence-electron chi connectivity index (χ1n) is 6.80. The topological polar surface area (TPSA) is 63.7 Å². The molecule has 1 amide bonds. The van der Waals surface area contributed by atoms with E-state index in [1.54, 1.807) is 6.07 Å². The molecule has 1 fully saturated rings. The molecule has 1 saturated heterocycles. The molecule has 1 aliphatic heterocycles. The second kappa shape index (κ2) is 7.21. The maximum Gasteiger partial charge on any atom is 0.270 e. The van der Waals surface area contributed by atoms with Gasteiger partial charge in [0.25, 0.3) is 5.91 Å². The van der Waals surface area contributed by atoms with Crippen LogP contribution >= 0.6 is 0 Å². The molecule has 0 unspecified atom stereocenters. The van der Waals surface area contributed by atoms with Crippen molar-refractivity contribution in [2.45, 2.75) is 19.1 Å². The lowest BCUT2D eigenvalue weighted by Crippen LogP contribution is -2.34. The van der Waals surface area contributed by atoms with Crippen molar-refractivity contribution in [2.75, 3.05) is 38.8 Å². The molecule has 0 radical (unpaired) electrons. The number of hydrogen-bond acceptors (Lipinski definition) is 5. The predicted octanol–water partition coefficient (Wildman–Crippen LogP) is 1.03. The lowest BCUT2D eigenvalue weighted by atomic mass is 10.3. The largest absolute Gasteiger partial charge is 0.357 e. The molecule has 1 N–H and O–H groups in total. The minimum absolute atomic E-state index is 0.217. The third-order valence-corrected chi connectivity index (χ3v) is 3.35. The van der Waals surface area contributed by atoms with E-state index in [1.807, 2.05) is 12.1 Å². The Morgan fingerprint density at radius 1 is 1.35 bits per heavy atom. The van der Waals surface area contributed by atoms with Crippen molar-refractivity contribution in [1.29, 1.82) is 0 Å². The fourth-order valence-electron chi connectivity index (χ4n) is 2.20. The van der Waals surface area contributed by atoms with Gasteiger partial charge in [0.2, 0.25) is 0 Å². The smallest absolute Gasteiger partial charge is 0.270 e. The molecule has 110 valence electrons. The van der Waals surface area contributed by atoms with Crippen LogP contribution in [0.1, 0.15) is 23.3 Å². The van der Waals surface area contributed by atoms with Gasteiger partial charge in [-0.05, 0) is 25.0 Å². The number of carbonyl (C=O) groups is 1. The van der Waals surface area contributed by atoms with E-state index in [-0.39, 0.29) is 5.91 Å². The van der Waals surface area contributed by atoms with Crippen molar-refractivity contribution in [3.05, 3.63) is 23.9 Å². The van der Waals surface area contributed by atoms with E-state index < -0.39 is 6.29 Å². The Balaban J connectivity index is 1.97. The number of rotatable bonds is 6. The van der Waals surface area contributed by atoms with E-state index in [2.05, 4.69) is 15.2 Å². The summed E-state index contributed by atoms with van der Waals surface area (Å²) in [6.07, 6.45) is 1.92. The van der Waals surface area contributed by atoms with Crippen molar-refractivity contribution in [3.63, 3.8) is 0 Å². The van der Waals surface area contributed by atoms with Crippen LogP contribution in [0.4, 0.5) is 5.82 Å². The Bertz CT molecular complexity index is 443. The maximum atomic E-state index is 12.0. The SMILES string of the molecule is COC(CNC(=O)c1cccc(N2CCCC2)n1)OC.